The summed E-state index contributed by atoms with van der Waals surface area (Å²) < 4.78 is 5.67. The molecule has 1 unspecified atom stereocenters. The number of carbonyl (C=O) groups is 2. The second-order valence-electron chi connectivity index (χ2n) is 8.53. The van der Waals surface area contributed by atoms with Crippen LogP contribution in [0.5, 0.6) is 5.75 Å². The second kappa shape index (κ2) is 9.59. The Morgan fingerprint density at radius 2 is 1.69 bits per heavy atom. The van der Waals surface area contributed by atoms with Gasteiger partial charge in [0.1, 0.15) is 11.8 Å². The topological polar surface area (TPSA) is 58.6 Å². The standard InChI is InChI=1S/C24H32N2O3/c1-17-10-12-21(13-11-17)29-16-22(27)26(15-20-9-7-8-18(2)14-20)19(3)23(28)25-24(4,5)6/h7-14,19H,15-16H2,1-6H3,(H,25,28). The summed E-state index contributed by atoms with van der Waals surface area (Å²) in [7, 11) is 0. The van der Waals surface area contributed by atoms with E-state index in [1.807, 2.05) is 83.1 Å². The van der Waals surface area contributed by atoms with Gasteiger partial charge in [0.2, 0.25) is 5.91 Å². The fourth-order valence-corrected chi connectivity index (χ4v) is 2.93. The molecule has 29 heavy (non-hydrogen) atoms. The van der Waals surface area contributed by atoms with Crippen LogP contribution in [0.1, 0.15) is 44.4 Å². The molecule has 0 aliphatic carbocycles. The summed E-state index contributed by atoms with van der Waals surface area (Å²) >= 11 is 0. The lowest BCUT2D eigenvalue weighted by molar-refractivity contribution is -0.142. The van der Waals surface area contributed by atoms with E-state index in [1.165, 1.54) is 0 Å². The van der Waals surface area contributed by atoms with Crippen molar-refractivity contribution >= 4 is 11.8 Å². The van der Waals surface area contributed by atoms with Crippen molar-refractivity contribution in [2.45, 2.75) is 59.7 Å². The average molecular weight is 397 g/mol. The number of benzene rings is 2. The van der Waals surface area contributed by atoms with Crippen LogP contribution in [0.2, 0.25) is 0 Å². The molecule has 2 aromatic rings. The highest BCUT2D eigenvalue weighted by atomic mass is 16.5. The normalized spacial score (nSPS) is 12.2. The summed E-state index contributed by atoms with van der Waals surface area (Å²) in [6.07, 6.45) is 0. The van der Waals surface area contributed by atoms with Gasteiger partial charge >= 0.3 is 0 Å². The fraction of sp³-hybridized carbons (Fsp3) is 0.417. The Hall–Kier alpha value is -2.82. The molecule has 0 aromatic heterocycles. The summed E-state index contributed by atoms with van der Waals surface area (Å²) in [6, 6.07) is 14.9. The first kappa shape index (κ1) is 22.5. The summed E-state index contributed by atoms with van der Waals surface area (Å²) in [5.74, 6) is 0.212. The third-order valence-corrected chi connectivity index (χ3v) is 4.48. The molecule has 0 aliphatic rings. The molecule has 0 saturated carbocycles. The highest BCUT2D eigenvalue weighted by molar-refractivity contribution is 5.88. The zero-order valence-corrected chi connectivity index (χ0v) is 18.3. The molecular formula is C24H32N2O3. The molecule has 0 fully saturated rings. The van der Waals surface area contributed by atoms with Crippen LogP contribution in [-0.2, 0) is 16.1 Å². The number of nitrogens with zero attached hydrogens (tertiary/aromatic N) is 1. The quantitative estimate of drug-likeness (QED) is 0.769. The van der Waals surface area contributed by atoms with Gasteiger partial charge in [-0.1, -0.05) is 47.5 Å². The third-order valence-electron chi connectivity index (χ3n) is 4.48. The van der Waals surface area contributed by atoms with Gasteiger partial charge in [-0.3, -0.25) is 9.59 Å². The lowest BCUT2D eigenvalue weighted by Crippen LogP contribution is -2.53. The predicted octanol–water partition coefficient (Wildman–Crippen LogP) is 4.01. The minimum Gasteiger partial charge on any atom is -0.484 e. The van der Waals surface area contributed by atoms with E-state index in [0.717, 1.165) is 16.7 Å². The Morgan fingerprint density at radius 3 is 2.28 bits per heavy atom. The number of nitrogens with one attached hydrogen (secondary N) is 1. The summed E-state index contributed by atoms with van der Waals surface area (Å²) in [5.41, 5.74) is 2.83. The van der Waals surface area contributed by atoms with Crippen molar-refractivity contribution in [1.82, 2.24) is 10.2 Å². The molecule has 1 N–H and O–H groups in total. The minimum absolute atomic E-state index is 0.123. The van der Waals surface area contributed by atoms with Crippen molar-refractivity contribution in [3.05, 3.63) is 65.2 Å². The van der Waals surface area contributed by atoms with Crippen LogP contribution < -0.4 is 10.1 Å². The van der Waals surface area contributed by atoms with E-state index in [0.29, 0.717) is 12.3 Å². The van der Waals surface area contributed by atoms with Crippen molar-refractivity contribution in [3.8, 4) is 5.75 Å². The van der Waals surface area contributed by atoms with Gasteiger partial charge in [0, 0.05) is 12.1 Å². The molecule has 5 nitrogen and oxygen atoms in total. The van der Waals surface area contributed by atoms with Gasteiger partial charge < -0.3 is 15.0 Å². The Morgan fingerprint density at radius 1 is 1.03 bits per heavy atom. The molecule has 0 spiro atoms. The molecule has 0 aliphatic heterocycles. The van der Waals surface area contributed by atoms with Crippen molar-refractivity contribution in [2.24, 2.45) is 0 Å². The highest BCUT2D eigenvalue weighted by Crippen LogP contribution is 2.15. The molecule has 5 heteroatoms. The monoisotopic (exact) mass is 396 g/mol. The molecule has 2 amide bonds. The van der Waals surface area contributed by atoms with Gasteiger partial charge in [-0.25, -0.2) is 0 Å². The summed E-state index contributed by atoms with van der Waals surface area (Å²) in [5, 5.41) is 2.96. The molecule has 156 valence electrons. The largest absolute Gasteiger partial charge is 0.484 e. The van der Waals surface area contributed by atoms with Crippen LogP contribution in [0.3, 0.4) is 0 Å². The molecule has 0 radical (unpaired) electrons. The van der Waals surface area contributed by atoms with Crippen LogP contribution in [-0.4, -0.2) is 34.9 Å². The lowest BCUT2D eigenvalue weighted by Gasteiger charge is -2.31. The predicted molar refractivity (Wildman–Crippen MR) is 116 cm³/mol. The van der Waals surface area contributed by atoms with E-state index in [9.17, 15) is 9.59 Å². The van der Waals surface area contributed by atoms with E-state index < -0.39 is 6.04 Å². The number of ether oxygens (including phenoxy) is 1. The van der Waals surface area contributed by atoms with Crippen LogP contribution >= 0.6 is 0 Å². The van der Waals surface area contributed by atoms with Crippen molar-refractivity contribution in [3.63, 3.8) is 0 Å². The van der Waals surface area contributed by atoms with E-state index in [2.05, 4.69) is 5.32 Å². The molecule has 1 atom stereocenters. The van der Waals surface area contributed by atoms with Crippen LogP contribution in [0.4, 0.5) is 0 Å². The Kier molecular flexibility index (Phi) is 7.43. The number of amides is 2. The molecule has 0 heterocycles. The molecule has 2 rings (SSSR count). The first-order valence-corrected chi connectivity index (χ1v) is 9.91. The van der Waals surface area contributed by atoms with Gasteiger partial charge in [-0.05, 0) is 59.2 Å². The highest BCUT2D eigenvalue weighted by Gasteiger charge is 2.28. The van der Waals surface area contributed by atoms with Crippen LogP contribution in [0, 0.1) is 13.8 Å². The summed E-state index contributed by atoms with van der Waals surface area (Å²) in [4.78, 5) is 27.3. The maximum Gasteiger partial charge on any atom is 0.261 e. The summed E-state index contributed by atoms with van der Waals surface area (Å²) in [6.45, 7) is 11.7. The lowest BCUT2D eigenvalue weighted by atomic mass is 10.1. The molecule has 0 saturated heterocycles. The molecule has 0 bridgehead atoms. The van der Waals surface area contributed by atoms with E-state index in [1.54, 1.807) is 11.8 Å². The first-order valence-electron chi connectivity index (χ1n) is 9.91. The van der Waals surface area contributed by atoms with Crippen LogP contribution in [0.15, 0.2) is 48.5 Å². The Labute approximate surface area is 174 Å². The maximum atomic E-state index is 13.0. The maximum absolute atomic E-state index is 13.0. The van der Waals surface area contributed by atoms with Crippen molar-refractivity contribution in [2.75, 3.05) is 6.61 Å². The van der Waals surface area contributed by atoms with Crippen molar-refractivity contribution in [1.29, 1.82) is 0 Å². The Bertz CT molecular complexity index is 838. The van der Waals surface area contributed by atoms with Crippen LogP contribution in [0.25, 0.3) is 0 Å². The molecule has 2 aromatic carbocycles. The minimum atomic E-state index is -0.621. The number of hydrogen-bond donors (Lipinski definition) is 1. The fourth-order valence-electron chi connectivity index (χ4n) is 2.93. The van der Waals surface area contributed by atoms with Gasteiger partial charge in [-0.15, -0.1) is 0 Å². The van der Waals surface area contributed by atoms with Gasteiger partial charge in [0.25, 0.3) is 5.91 Å². The zero-order chi connectivity index (χ0) is 21.6. The first-order chi connectivity index (χ1) is 13.5. The number of aryl methyl sites for hydroxylation is 2. The zero-order valence-electron chi connectivity index (χ0n) is 18.3. The average Bonchev–Trinajstić information content (AvgIpc) is 2.63. The van der Waals surface area contributed by atoms with Crippen molar-refractivity contribution < 1.29 is 14.3 Å². The van der Waals surface area contributed by atoms with E-state index in [4.69, 9.17) is 4.74 Å². The number of hydrogen-bond acceptors (Lipinski definition) is 3. The third kappa shape index (κ3) is 7.26. The Balaban J connectivity index is 2.16. The number of rotatable bonds is 7. The second-order valence-corrected chi connectivity index (χ2v) is 8.53. The van der Waals surface area contributed by atoms with E-state index in [-0.39, 0.29) is 24.0 Å². The van der Waals surface area contributed by atoms with Gasteiger partial charge in [0.05, 0.1) is 0 Å². The smallest absolute Gasteiger partial charge is 0.261 e. The van der Waals surface area contributed by atoms with Gasteiger partial charge in [-0.2, -0.15) is 0 Å². The SMILES string of the molecule is Cc1ccc(OCC(=O)N(Cc2cccc(C)c2)C(C)C(=O)NC(C)(C)C)cc1. The number of carbonyl (C=O) groups excluding carboxylic acids is 2. The van der Waals surface area contributed by atoms with E-state index >= 15 is 0 Å². The molecular weight excluding hydrogens is 364 g/mol. The van der Waals surface area contributed by atoms with Gasteiger partial charge in [0.15, 0.2) is 6.61 Å².